The minimum Gasteiger partial charge on any atom is -0.493 e. The van der Waals surface area contributed by atoms with Crippen molar-refractivity contribution >= 4 is 39.9 Å². The molecule has 0 bridgehead atoms. The quantitative estimate of drug-likeness (QED) is 0.358. The molecule has 0 aliphatic carbocycles. The molecule has 2 aromatic carbocycles. The number of carbonyl (C=O) groups excluding carboxylic acids is 1. The first-order chi connectivity index (χ1) is 11.9. The molecule has 0 unspecified atom stereocenters. The molecule has 0 spiro atoms. The highest BCUT2D eigenvalue weighted by Gasteiger charge is 2.13. The Morgan fingerprint density at radius 3 is 2.76 bits per heavy atom. The zero-order valence-electron chi connectivity index (χ0n) is 13.3. The number of methoxy groups -OCH3 is 1. The minimum absolute atomic E-state index is 0.0207. The molecular weight excluding hydrogens is 441 g/mol. The van der Waals surface area contributed by atoms with Gasteiger partial charge in [0.2, 0.25) is 0 Å². The van der Waals surface area contributed by atoms with Gasteiger partial charge in [-0.1, -0.05) is 6.07 Å². The zero-order chi connectivity index (χ0) is 18.4. The van der Waals surface area contributed by atoms with Crippen LogP contribution in [0.2, 0.25) is 0 Å². The summed E-state index contributed by atoms with van der Waals surface area (Å²) in [5, 5.41) is 13.9. The molecule has 0 fully saturated rings. The summed E-state index contributed by atoms with van der Waals surface area (Å²) in [7, 11) is 1.50. The Hall–Kier alpha value is -2.56. The molecule has 0 saturated carbocycles. The summed E-state index contributed by atoms with van der Waals surface area (Å²) in [6.45, 7) is 0.196. The van der Waals surface area contributed by atoms with Crippen molar-refractivity contribution in [1.82, 2.24) is 0 Å². The highest BCUT2D eigenvalue weighted by molar-refractivity contribution is 14.1. The van der Waals surface area contributed by atoms with E-state index in [9.17, 15) is 14.9 Å². The van der Waals surface area contributed by atoms with Crippen LogP contribution in [-0.2, 0) is 11.3 Å². The maximum Gasteiger partial charge on any atom is 0.271 e. The van der Waals surface area contributed by atoms with Crippen LogP contribution in [0.4, 0.5) is 11.4 Å². The maximum atomic E-state index is 10.9. The van der Waals surface area contributed by atoms with Gasteiger partial charge in [-0.15, -0.1) is 0 Å². The predicted octanol–water partition coefficient (Wildman–Crippen LogP) is 2.68. The Bertz CT molecular complexity index is 797. The summed E-state index contributed by atoms with van der Waals surface area (Å²) in [4.78, 5) is 21.3. The molecular formula is C16H16IN3O5. The van der Waals surface area contributed by atoms with Crippen molar-refractivity contribution < 1.29 is 19.2 Å². The van der Waals surface area contributed by atoms with Crippen LogP contribution in [0.25, 0.3) is 0 Å². The molecule has 2 aromatic rings. The van der Waals surface area contributed by atoms with Crippen LogP contribution < -0.4 is 20.5 Å². The van der Waals surface area contributed by atoms with Gasteiger partial charge in [-0.05, 0) is 46.4 Å². The molecule has 1 amide bonds. The number of ether oxygens (including phenoxy) is 2. The maximum absolute atomic E-state index is 10.9. The standard InChI is InChI=1S/C16H16IN3O5/c1-24-14-6-10(5-13(17)16(14)25-9-15(18)21)8-19-11-3-2-4-12(7-11)20(22)23/h2-7,19H,8-9H2,1H3,(H2,18,21). The normalized spacial score (nSPS) is 10.2. The number of rotatable bonds is 8. The van der Waals surface area contributed by atoms with Gasteiger partial charge in [-0.25, -0.2) is 0 Å². The number of non-ortho nitro benzene ring substituents is 1. The summed E-state index contributed by atoms with van der Waals surface area (Å²) in [6, 6.07) is 9.90. The Labute approximate surface area is 157 Å². The van der Waals surface area contributed by atoms with E-state index in [-0.39, 0.29) is 12.3 Å². The third-order valence-electron chi connectivity index (χ3n) is 3.20. The van der Waals surface area contributed by atoms with Gasteiger partial charge in [0.1, 0.15) is 0 Å². The SMILES string of the molecule is COc1cc(CNc2cccc([N+](=O)[O-])c2)cc(I)c1OCC(N)=O. The molecule has 0 aliphatic heterocycles. The first-order valence-corrected chi connectivity index (χ1v) is 8.24. The molecule has 0 atom stereocenters. The second-order valence-electron chi connectivity index (χ2n) is 5.03. The van der Waals surface area contributed by atoms with E-state index in [4.69, 9.17) is 15.2 Å². The molecule has 2 rings (SSSR count). The van der Waals surface area contributed by atoms with E-state index in [1.807, 2.05) is 6.07 Å². The molecule has 3 N–H and O–H groups in total. The van der Waals surface area contributed by atoms with E-state index in [0.717, 1.165) is 9.13 Å². The minimum atomic E-state index is -0.575. The second kappa shape index (κ2) is 8.51. The molecule has 9 heteroatoms. The van der Waals surface area contributed by atoms with Gasteiger partial charge in [-0.2, -0.15) is 0 Å². The highest BCUT2D eigenvalue weighted by Crippen LogP contribution is 2.34. The van der Waals surface area contributed by atoms with E-state index in [2.05, 4.69) is 27.9 Å². The lowest BCUT2D eigenvalue weighted by atomic mass is 10.2. The number of anilines is 1. The lowest BCUT2D eigenvalue weighted by molar-refractivity contribution is -0.384. The predicted molar refractivity (Wildman–Crippen MR) is 101 cm³/mol. The molecule has 0 saturated heterocycles. The average molecular weight is 457 g/mol. The van der Waals surface area contributed by atoms with Crippen LogP contribution in [-0.4, -0.2) is 24.5 Å². The molecule has 8 nitrogen and oxygen atoms in total. The lowest BCUT2D eigenvalue weighted by Gasteiger charge is -2.14. The van der Waals surface area contributed by atoms with Crippen LogP contribution in [0.1, 0.15) is 5.56 Å². The van der Waals surface area contributed by atoms with Crippen LogP contribution in [0, 0.1) is 13.7 Å². The van der Waals surface area contributed by atoms with Crippen LogP contribution >= 0.6 is 22.6 Å². The Morgan fingerprint density at radius 1 is 1.36 bits per heavy atom. The number of nitrogens with zero attached hydrogens (tertiary/aromatic N) is 1. The summed E-state index contributed by atoms with van der Waals surface area (Å²) < 4.78 is 11.4. The topological polar surface area (TPSA) is 117 Å². The van der Waals surface area contributed by atoms with Crippen molar-refractivity contribution in [2.24, 2.45) is 5.73 Å². The van der Waals surface area contributed by atoms with Crippen molar-refractivity contribution in [2.45, 2.75) is 6.54 Å². The van der Waals surface area contributed by atoms with E-state index in [1.165, 1.54) is 19.2 Å². The zero-order valence-corrected chi connectivity index (χ0v) is 15.5. The van der Waals surface area contributed by atoms with E-state index < -0.39 is 10.8 Å². The van der Waals surface area contributed by atoms with Crippen LogP contribution in [0.5, 0.6) is 11.5 Å². The highest BCUT2D eigenvalue weighted by atomic mass is 127. The number of nitrogens with two attached hydrogens (primary N) is 1. The summed E-state index contributed by atoms with van der Waals surface area (Å²) in [5.74, 6) is 0.347. The van der Waals surface area contributed by atoms with Crippen molar-refractivity contribution in [1.29, 1.82) is 0 Å². The van der Waals surface area contributed by atoms with Crippen molar-refractivity contribution in [3.63, 3.8) is 0 Å². The van der Waals surface area contributed by atoms with Gasteiger partial charge in [-0.3, -0.25) is 14.9 Å². The first-order valence-electron chi connectivity index (χ1n) is 7.16. The fraction of sp³-hybridized carbons (Fsp3) is 0.188. The lowest BCUT2D eigenvalue weighted by Crippen LogP contribution is -2.20. The number of hydrogen-bond donors (Lipinski definition) is 2. The van der Waals surface area contributed by atoms with Crippen molar-refractivity contribution in [2.75, 3.05) is 19.0 Å². The van der Waals surface area contributed by atoms with Gasteiger partial charge < -0.3 is 20.5 Å². The molecule has 0 heterocycles. The molecule has 0 aliphatic rings. The number of hydrogen-bond acceptors (Lipinski definition) is 6. The first kappa shape index (κ1) is 18.8. The number of nitro benzene ring substituents is 1. The number of carbonyl (C=O) groups is 1. The van der Waals surface area contributed by atoms with E-state index in [0.29, 0.717) is 23.7 Å². The van der Waals surface area contributed by atoms with Gasteiger partial charge in [0.05, 0.1) is 15.6 Å². The second-order valence-corrected chi connectivity index (χ2v) is 6.19. The smallest absolute Gasteiger partial charge is 0.271 e. The number of primary amides is 1. The average Bonchev–Trinajstić information content (AvgIpc) is 2.58. The van der Waals surface area contributed by atoms with Gasteiger partial charge in [0.15, 0.2) is 18.1 Å². The van der Waals surface area contributed by atoms with E-state index in [1.54, 1.807) is 18.2 Å². The number of amides is 1. The number of nitro groups is 1. The Kier molecular flexibility index (Phi) is 6.39. The van der Waals surface area contributed by atoms with Gasteiger partial charge in [0, 0.05) is 24.4 Å². The van der Waals surface area contributed by atoms with Crippen LogP contribution in [0.3, 0.4) is 0 Å². The molecule has 25 heavy (non-hydrogen) atoms. The third-order valence-corrected chi connectivity index (χ3v) is 4.00. The van der Waals surface area contributed by atoms with Crippen molar-refractivity contribution in [3.05, 3.63) is 55.6 Å². The number of benzene rings is 2. The van der Waals surface area contributed by atoms with Gasteiger partial charge >= 0.3 is 0 Å². The Balaban J connectivity index is 2.14. The molecule has 132 valence electrons. The number of nitrogens with one attached hydrogen (secondary N) is 1. The van der Waals surface area contributed by atoms with Crippen LogP contribution in [0.15, 0.2) is 36.4 Å². The Morgan fingerprint density at radius 2 is 2.12 bits per heavy atom. The van der Waals surface area contributed by atoms with E-state index >= 15 is 0 Å². The largest absolute Gasteiger partial charge is 0.493 e. The van der Waals surface area contributed by atoms with Crippen molar-refractivity contribution in [3.8, 4) is 11.5 Å². The third kappa shape index (κ3) is 5.21. The fourth-order valence-corrected chi connectivity index (χ4v) is 2.91. The number of halogens is 1. The summed E-state index contributed by atoms with van der Waals surface area (Å²) in [6.07, 6.45) is 0. The summed E-state index contributed by atoms with van der Waals surface area (Å²) in [5.41, 5.74) is 6.64. The molecule has 0 radical (unpaired) electrons. The monoisotopic (exact) mass is 457 g/mol. The fourth-order valence-electron chi connectivity index (χ4n) is 2.09. The van der Waals surface area contributed by atoms with Gasteiger partial charge in [0.25, 0.3) is 11.6 Å². The molecule has 0 aromatic heterocycles. The summed E-state index contributed by atoms with van der Waals surface area (Å²) >= 11 is 2.08.